The van der Waals surface area contributed by atoms with E-state index in [-0.39, 0.29) is 5.91 Å². The van der Waals surface area contributed by atoms with Crippen LogP contribution in [0.4, 0.5) is 11.4 Å². The van der Waals surface area contributed by atoms with E-state index in [0.29, 0.717) is 16.3 Å². The highest BCUT2D eigenvalue weighted by Crippen LogP contribution is 2.38. The molecule has 0 bridgehead atoms. The standard InChI is InChI=1S/C20H16ClN3O/c1-13-8-10-14(11-9-13)24-19(23-17-7-3-2-6-16(17)21)18-15(20(24)25)5-4-12-22-18/h2-12,19,23H,1H3. The highest BCUT2D eigenvalue weighted by molar-refractivity contribution is 6.33. The number of pyridine rings is 1. The van der Waals surface area contributed by atoms with Gasteiger partial charge in [-0.15, -0.1) is 0 Å². The van der Waals surface area contributed by atoms with Gasteiger partial charge in [0, 0.05) is 11.9 Å². The molecule has 1 aliphatic heterocycles. The van der Waals surface area contributed by atoms with E-state index in [9.17, 15) is 4.79 Å². The van der Waals surface area contributed by atoms with Crippen LogP contribution in [0.5, 0.6) is 0 Å². The van der Waals surface area contributed by atoms with Gasteiger partial charge in [-0.2, -0.15) is 0 Å². The lowest BCUT2D eigenvalue weighted by atomic mass is 10.2. The van der Waals surface area contributed by atoms with E-state index in [2.05, 4.69) is 10.3 Å². The van der Waals surface area contributed by atoms with Gasteiger partial charge in [0.25, 0.3) is 5.91 Å². The fourth-order valence-corrected chi connectivity index (χ4v) is 3.21. The number of hydrogen-bond donors (Lipinski definition) is 1. The first-order valence-corrected chi connectivity index (χ1v) is 8.39. The zero-order valence-corrected chi connectivity index (χ0v) is 14.4. The number of nitrogens with one attached hydrogen (secondary N) is 1. The Morgan fingerprint density at radius 2 is 1.80 bits per heavy atom. The van der Waals surface area contributed by atoms with E-state index in [0.717, 1.165) is 16.9 Å². The summed E-state index contributed by atoms with van der Waals surface area (Å²) >= 11 is 6.29. The van der Waals surface area contributed by atoms with E-state index in [1.807, 2.05) is 55.5 Å². The van der Waals surface area contributed by atoms with Crippen LogP contribution in [0.25, 0.3) is 0 Å². The highest BCUT2D eigenvalue weighted by Gasteiger charge is 2.39. The normalized spacial score (nSPS) is 16.0. The third kappa shape index (κ3) is 2.75. The number of aryl methyl sites for hydroxylation is 1. The van der Waals surface area contributed by atoms with E-state index in [1.165, 1.54) is 0 Å². The van der Waals surface area contributed by atoms with Crippen LogP contribution in [-0.2, 0) is 0 Å². The van der Waals surface area contributed by atoms with Crippen molar-refractivity contribution in [3.8, 4) is 0 Å². The van der Waals surface area contributed by atoms with Crippen molar-refractivity contribution in [2.75, 3.05) is 10.2 Å². The first-order chi connectivity index (χ1) is 12.1. The van der Waals surface area contributed by atoms with E-state index >= 15 is 0 Å². The number of fused-ring (bicyclic) bond motifs is 1. The zero-order valence-electron chi connectivity index (χ0n) is 13.6. The van der Waals surface area contributed by atoms with Crippen molar-refractivity contribution >= 4 is 28.9 Å². The predicted molar refractivity (Wildman–Crippen MR) is 100 cm³/mol. The van der Waals surface area contributed by atoms with E-state index < -0.39 is 6.17 Å². The Balaban J connectivity index is 1.80. The Kier molecular flexibility index (Phi) is 3.90. The molecule has 0 radical (unpaired) electrons. The number of nitrogens with zero attached hydrogens (tertiary/aromatic N) is 2. The summed E-state index contributed by atoms with van der Waals surface area (Å²) in [5.74, 6) is -0.0727. The molecule has 1 unspecified atom stereocenters. The second-order valence-electron chi connectivity index (χ2n) is 5.97. The maximum absolute atomic E-state index is 13.0. The smallest absolute Gasteiger partial charge is 0.262 e. The molecule has 1 aromatic heterocycles. The van der Waals surface area contributed by atoms with Crippen LogP contribution >= 0.6 is 11.6 Å². The SMILES string of the molecule is Cc1ccc(N2C(=O)c3cccnc3C2Nc2ccccc2Cl)cc1. The van der Waals surface area contributed by atoms with E-state index in [4.69, 9.17) is 11.6 Å². The fourth-order valence-electron chi connectivity index (χ4n) is 3.02. The van der Waals surface area contributed by atoms with Crippen LogP contribution in [0.3, 0.4) is 0 Å². The van der Waals surface area contributed by atoms with Gasteiger partial charge < -0.3 is 5.32 Å². The summed E-state index contributed by atoms with van der Waals surface area (Å²) in [6.45, 7) is 2.02. The molecule has 25 heavy (non-hydrogen) atoms. The molecule has 1 atom stereocenters. The van der Waals surface area contributed by atoms with Gasteiger partial charge in [0.2, 0.25) is 0 Å². The van der Waals surface area contributed by atoms with Crippen LogP contribution in [0.2, 0.25) is 5.02 Å². The number of rotatable bonds is 3. The summed E-state index contributed by atoms with van der Waals surface area (Å²) in [6, 6.07) is 18.9. The maximum Gasteiger partial charge on any atom is 0.262 e. The van der Waals surface area contributed by atoms with Crippen LogP contribution in [-0.4, -0.2) is 10.9 Å². The second-order valence-corrected chi connectivity index (χ2v) is 6.38. The van der Waals surface area contributed by atoms with Crippen molar-refractivity contribution < 1.29 is 4.79 Å². The second kappa shape index (κ2) is 6.22. The molecule has 4 rings (SSSR count). The lowest BCUT2D eigenvalue weighted by Gasteiger charge is -2.27. The summed E-state index contributed by atoms with van der Waals surface area (Å²) in [5.41, 5.74) is 4.03. The van der Waals surface area contributed by atoms with Crippen molar-refractivity contribution in [1.82, 2.24) is 4.98 Å². The Labute approximate surface area is 151 Å². The monoisotopic (exact) mass is 349 g/mol. The molecule has 1 aliphatic rings. The number of benzene rings is 2. The first kappa shape index (κ1) is 15.7. The van der Waals surface area contributed by atoms with Gasteiger partial charge in [-0.1, -0.05) is 41.4 Å². The topological polar surface area (TPSA) is 45.2 Å². The lowest BCUT2D eigenvalue weighted by Crippen LogP contribution is -2.32. The molecule has 0 saturated heterocycles. The largest absolute Gasteiger partial charge is 0.359 e. The van der Waals surface area contributed by atoms with Gasteiger partial charge in [-0.3, -0.25) is 14.7 Å². The van der Waals surface area contributed by atoms with Crippen LogP contribution in [0.1, 0.15) is 27.8 Å². The summed E-state index contributed by atoms with van der Waals surface area (Å²) < 4.78 is 0. The molecule has 124 valence electrons. The number of amides is 1. The van der Waals surface area contributed by atoms with Crippen molar-refractivity contribution in [3.63, 3.8) is 0 Å². The Bertz CT molecular complexity index is 940. The molecular formula is C20H16ClN3O. The molecule has 3 aromatic rings. The molecule has 0 spiro atoms. The number of carbonyl (C=O) groups excluding carboxylic acids is 1. The molecule has 4 nitrogen and oxygen atoms in total. The van der Waals surface area contributed by atoms with Crippen molar-refractivity contribution in [1.29, 1.82) is 0 Å². The average molecular weight is 350 g/mol. The van der Waals surface area contributed by atoms with Gasteiger partial charge in [0.15, 0.2) is 6.17 Å². The number of halogens is 1. The van der Waals surface area contributed by atoms with Crippen molar-refractivity contribution in [2.45, 2.75) is 13.1 Å². The minimum atomic E-state index is -0.411. The third-order valence-corrected chi connectivity index (χ3v) is 4.61. The summed E-state index contributed by atoms with van der Waals surface area (Å²) in [4.78, 5) is 19.1. The quantitative estimate of drug-likeness (QED) is 0.737. The molecule has 0 aliphatic carbocycles. The molecule has 0 fully saturated rings. The Morgan fingerprint density at radius 1 is 1.04 bits per heavy atom. The minimum Gasteiger partial charge on any atom is -0.359 e. The van der Waals surface area contributed by atoms with Crippen molar-refractivity contribution in [2.24, 2.45) is 0 Å². The lowest BCUT2D eigenvalue weighted by molar-refractivity contribution is 0.0993. The van der Waals surface area contributed by atoms with Gasteiger partial charge in [-0.05, 0) is 43.3 Å². The number of aromatic nitrogens is 1. The summed E-state index contributed by atoms with van der Waals surface area (Å²) in [5, 5.41) is 3.97. The molecule has 5 heteroatoms. The predicted octanol–water partition coefficient (Wildman–Crippen LogP) is 4.81. The Morgan fingerprint density at radius 3 is 2.56 bits per heavy atom. The molecule has 0 saturated carbocycles. The minimum absolute atomic E-state index is 0.0727. The molecule has 2 aromatic carbocycles. The zero-order chi connectivity index (χ0) is 17.4. The van der Waals surface area contributed by atoms with Gasteiger partial charge in [0.05, 0.1) is 22.0 Å². The van der Waals surface area contributed by atoms with Crippen LogP contribution in [0, 0.1) is 6.92 Å². The molecule has 1 N–H and O–H groups in total. The molecular weight excluding hydrogens is 334 g/mol. The highest BCUT2D eigenvalue weighted by atomic mass is 35.5. The van der Waals surface area contributed by atoms with Crippen molar-refractivity contribution in [3.05, 3.63) is 88.7 Å². The third-order valence-electron chi connectivity index (χ3n) is 4.28. The average Bonchev–Trinajstić information content (AvgIpc) is 2.90. The summed E-state index contributed by atoms with van der Waals surface area (Å²) in [6.07, 6.45) is 1.29. The van der Waals surface area contributed by atoms with Gasteiger partial charge in [-0.25, -0.2) is 0 Å². The van der Waals surface area contributed by atoms with Gasteiger partial charge >= 0.3 is 0 Å². The Hall–Kier alpha value is -2.85. The first-order valence-electron chi connectivity index (χ1n) is 8.01. The molecule has 1 amide bonds. The van der Waals surface area contributed by atoms with Gasteiger partial charge in [0.1, 0.15) is 0 Å². The number of para-hydroxylation sites is 1. The van der Waals surface area contributed by atoms with Crippen LogP contribution in [0.15, 0.2) is 66.9 Å². The maximum atomic E-state index is 13.0. The number of hydrogen-bond acceptors (Lipinski definition) is 3. The summed E-state index contributed by atoms with van der Waals surface area (Å²) in [7, 11) is 0. The number of anilines is 2. The fraction of sp³-hybridized carbons (Fsp3) is 0.100. The van der Waals surface area contributed by atoms with Crippen LogP contribution < -0.4 is 10.2 Å². The number of carbonyl (C=O) groups is 1. The molecule has 2 heterocycles. The van der Waals surface area contributed by atoms with E-state index in [1.54, 1.807) is 23.2 Å².